The van der Waals surface area contributed by atoms with Crippen LogP contribution in [0, 0.1) is 0 Å². The van der Waals surface area contributed by atoms with Gasteiger partial charge in [0.25, 0.3) is 0 Å². The lowest BCUT2D eigenvalue weighted by atomic mass is 10.0. The highest BCUT2D eigenvalue weighted by molar-refractivity contribution is 5.66. The van der Waals surface area contributed by atoms with E-state index in [1.54, 1.807) is 0 Å². The second-order valence-electron chi connectivity index (χ2n) is 15.8. The van der Waals surface area contributed by atoms with Gasteiger partial charge in [-0.15, -0.1) is 0 Å². The molecule has 0 saturated carbocycles. The van der Waals surface area contributed by atoms with Gasteiger partial charge < -0.3 is 36.4 Å². The molecule has 8 nitrogen and oxygen atoms in total. The van der Waals surface area contributed by atoms with Crippen molar-refractivity contribution in [3.63, 3.8) is 0 Å². The van der Waals surface area contributed by atoms with Crippen molar-refractivity contribution in [2.45, 2.75) is 271 Å². The van der Waals surface area contributed by atoms with E-state index >= 15 is 0 Å². The number of carbonyl (C=O) groups is 3. The Kier molecular flexibility index (Phi) is 64.4. The Balaban J connectivity index is -0.000000387. The zero-order valence-corrected chi connectivity index (χ0v) is 37.4. The van der Waals surface area contributed by atoms with Gasteiger partial charge in [0, 0.05) is 24.8 Å². The zero-order valence-electron chi connectivity index (χ0n) is 37.4. The highest BCUT2D eigenvalue weighted by Gasteiger charge is 1.98. The summed E-state index contributed by atoms with van der Waals surface area (Å²) in [5.74, 6) is -2.64. The van der Waals surface area contributed by atoms with Crippen LogP contribution in [-0.4, -0.2) is 36.1 Å². The molecule has 0 aliphatic rings. The lowest BCUT2D eigenvalue weighted by Gasteiger charge is -2.04. The van der Waals surface area contributed by atoms with Crippen LogP contribution in [0.15, 0.2) is 0 Å². The van der Waals surface area contributed by atoms with Crippen molar-refractivity contribution in [1.29, 1.82) is 0 Å². The fraction of sp³-hybridized carbons (Fsp3) is 0.936. The highest BCUT2D eigenvalue weighted by atomic mass is 16.4. The second kappa shape index (κ2) is 59.0. The van der Waals surface area contributed by atoms with Gasteiger partial charge in [-0.1, -0.05) is 232 Å². The SMILES string of the molecule is CC(=O)[O-].CCCCCCCCCCCCCCCCCCCC(=O)[O-].CCCCCCCCCCCCCCCCCCCCCC(=O)O.[NH3+]CCC[NH3+]. The Hall–Kier alpha value is -1.67. The van der Waals surface area contributed by atoms with Gasteiger partial charge in [-0.3, -0.25) is 4.79 Å². The van der Waals surface area contributed by atoms with Crippen molar-refractivity contribution in [2.75, 3.05) is 13.1 Å². The molecule has 8 heteroatoms. The Morgan fingerprint density at radius 1 is 0.364 bits per heavy atom. The van der Waals surface area contributed by atoms with E-state index in [1.165, 1.54) is 212 Å². The van der Waals surface area contributed by atoms with Crippen LogP contribution in [-0.2, 0) is 14.4 Å². The molecule has 0 aromatic rings. The van der Waals surface area contributed by atoms with Crippen molar-refractivity contribution in [1.82, 2.24) is 0 Å². The van der Waals surface area contributed by atoms with Crippen molar-refractivity contribution in [3.8, 4) is 0 Å². The summed E-state index contributed by atoms with van der Waals surface area (Å²) >= 11 is 0. The predicted molar refractivity (Wildman–Crippen MR) is 230 cm³/mol. The van der Waals surface area contributed by atoms with Crippen LogP contribution >= 0.6 is 0 Å². The van der Waals surface area contributed by atoms with E-state index in [1.807, 2.05) is 0 Å². The normalized spacial score (nSPS) is 10.4. The quantitative estimate of drug-likeness (QED) is 0.0521. The Morgan fingerprint density at radius 2 is 0.545 bits per heavy atom. The molecule has 0 saturated heterocycles. The Labute approximate surface area is 342 Å². The zero-order chi connectivity index (χ0) is 41.7. The lowest BCUT2D eigenvalue weighted by Crippen LogP contribution is -2.57. The smallest absolute Gasteiger partial charge is 0.303 e. The number of unbranched alkanes of at least 4 members (excludes halogenated alkanes) is 34. The molecule has 0 atom stereocenters. The molecule has 0 aromatic heterocycles. The summed E-state index contributed by atoms with van der Waals surface area (Å²) in [7, 11) is 0. The maximum atomic E-state index is 10.4. The minimum absolute atomic E-state index is 0.235. The lowest BCUT2D eigenvalue weighted by molar-refractivity contribution is -0.404. The maximum absolute atomic E-state index is 10.4. The Bertz CT molecular complexity index is 716. The fourth-order valence-corrected chi connectivity index (χ4v) is 6.53. The third-order valence-electron chi connectivity index (χ3n) is 9.98. The molecule has 0 bridgehead atoms. The first kappa shape index (κ1) is 60.0. The van der Waals surface area contributed by atoms with E-state index in [2.05, 4.69) is 25.3 Å². The number of quaternary nitrogens is 2. The first-order valence-electron chi connectivity index (χ1n) is 23.9. The van der Waals surface area contributed by atoms with Crippen LogP contribution in [0.2, 0.25) is 0 Å². The average molecular weight is 787 g/mol. The second-order valence-corrected chi connectivity index (χ2v) is 15.8. The summed E-state index contributed by atoms with van der Waals surface area (Å²) in [6.45, 7) is 7.59. The van der Waals surface area contributed by atoms with Crippen LogP contribution in [0.3, 0.4) is 0 Å². The van der Waals surface area contributed by atoms with Crippen LogP contribution in [0.25, 0.3) is 0 Å². The molecule has 0 aromatic carbocycles. The van der Waals surface area contributed by atoms with Crippen LogP contribution in [0.4, 0.5) is 0 Å². The summed E-state index contributed by atoms with van der Waals surface area (Å²) in [6, 6.07) is 0. The number of aliphatic carboxylic acids is 3. The molecule has 0 rings (SSSR count). The topological polar surface area (TPSA) is 173 Å². The first-order chi connectivity index (χ1) is 26.7. The fourth-order valence-electron chi connectivity index (χ4n) is 6.53. The van der Waals surface area contributed by atoms with Gasteiger partial charge in [-0.25, -0.2) is 0 Å². The summed E-state index contributed by atoms with van der Waals surface area (Å²) in [4.78, 5) is 29.5. The number of hydrogen-bond acceptors (Lipinski definition) is 5. The van der Waals surface area contributed by atoms with E-state index in [0.29, 0.717) is 6.42 Å². The predicted octanol–water partition coefficient (Wildman–Crippen LogP) is 10.3. The summed E-state index contributed by atoms with van der Waals surface area (Å²) < 4.78 is 0. The molecule has 0 aliphatic carbocycles. The molecule has 7 N–H and O–H groups in total. The first-order valence-corrected chi connectivity index (χ1v) is 23.9. The molecule has 55 heavy (non-hydrogen) atoms. The standard InChI is InChI=1S/C22H44O2.C20H40O2.C3H10N2.C2H4O2/c1-2-3-4-5-6-7-8-9-10-11-12-13-14-15-16-17-18-19-20-21-22(23)24;1-2-3-4-5-6-7-8-9-10-11-12-13-14-15-16-17-18-19-20(21)22;4-2-1-3-5;1-2(3)4/h2-21H2,1H3,(H,23,24);2-19H2,1H3,(H,21,22);1-5H2;1H3,(H,3,4). The summed E-state index contributed by atoms with van der Waals surface area (Å²) in [6.07, 6.45) is 50.1. The third kappa shape index (κ3) is 81.5. The van der Waals surface area contributed by atoms with Crippen molar-refractivity contribution in [3.05, 3.63) is 0 Å². The number of carboxylic acids is 3. The molecule has 0 fully saturated rings. The average Bonchev–Trinajstić information content (AvgIpc) is 3.14. The molecule has 0 aliphatic heterocycles. The van der Waals surface area contributed by atoms with Crippen molar-refractivity contribution < 1.29 is 41.2 Å². The molecule has 332 valence electrons. The van der Waals surface area contributed by atoms with Crippen molar-refractivity contribution >= 4 is 17.9 Å². The van der Waals surface area contributed by atoms with Crippen LogP contribution in [0.1, 0.15) is 271 Å². The summed E-state index contributed by atoms with van der Waals surface area (Å²) in [5, 5.41) is 27.7. The van der Waals surface area contributed by atoms with Gasteiger partial charge in [0.1, 0.15) is 0 Å². The minimum atomic E-state index is -1.08. The number of carbonyl (C=O) groups excluding carboxylic acids is 2. The van der Waals surface area contributed by atoms with E-state index in [4.69, 9.17) is 15.0 Å². The largest absolute Gasteiger partial charge is 0.550 e. The maximum Gasteiger partial charge on any atom is 0.303 e. The molecular formula is C47H98N2O6. The minimum Gasteiger partial charge on any atom is -0.550 e. The van der Waals surface area contributed by atoms with Crippen molar-refractivity contribution in [2.24, 2.45) is 0 Å². The van der Waals surface area contributed by atoms with Crippen LogP contribution < -0.4 is 21.7 Å². The number of carboxylic acid groups (broad SMARTS) is 3. The van der Waals surface area contributed by atoms with E-state index in [0.717, 1.165) is 45.7 Å². The molecule has 0 radical (unpaired) electrons. The van der Waals surface area contributed by atoms with Gasteiger partial charge in [-0.2, -0.15) is 0 Å². The van der Waals surface area contributed by atoms with E-state index in [9.17, 15) is 14.7 Å². The number of rotatable bonds is 40. The number of hydrogen-bond donors (Lipinski definition) is 3. The monoisotopic (exact) mass is 787 g/mol. The third-order valence-corrected chi connectivity index (χ3v) is 9.98. The van der Waals surface area contributed by atoms with E-state index < -0.39 is 17.9 Å². The molecular weight excluding hydrogens is 689 g/mol. The molecule has 0 unspecified atom stereocenters. The van der Waals surface area contributed by atoms with Gasteiger partial charge >= 0.3 is 5.97 Å². The van der Waals surface area contributed by atoms with Crippen LogP contribution in [0.5, 0.6) is 0 Å². The van der Waals surface area contributed by atoms with Gasteiger partial charge in [0.05, 0.1) is 13.1 Å². The summed E-state index contributed by atoms with van der Waals surface area (Å²) in [5.41, 5.74) is 7.27. The Morgan fingerprint density at radius 3 is 0.691 bits per heavy atom. The molecule has 0 spiro atoms. The molecule has 0 heterocycles. The van der Waals surface area contributed by atoms with Gasteiger partial charge in [0.15, 0.2) is 0 Å². The van der Waals surface area contributed by atoms with Gasteiger partial charge in [-0.05, 0) is 26.2 Å². The van der Waals surface area contributed by atoms with Gasteiger partial charge in [0.2, 0.25) is 0 Å². The van der Waals surface area contributed by atoms with E-state index in [-0.39, 0.29) is 6.42 Å². The highest BCUT2D eigenvalue weighted by Crippen LogP contribution is 2.16. The molecule has 0 amide bonds.